The van der Waals surface area contributed by atoms with E-state index in [9.17, 15) is 0 Å². The lowest BCUT2D eigenvalue weighted by atomic mass is 9.75. The van der Waals surface area contributed by atoms with Crippen LogP contribution in [0.5, 0.6) is 5.75 Å². The minimum Gasteiger partial charge on any atom is -0.495 e. The zero-order valence-corrected chi connectivity index (χ0v) is 12.0. The van der Waals surface area contributed by atoms with Crippen LogP contribution in [-0.4, -0.2) is 13.2 Å². The normalized spacial score (nSPS) is 18.6. The van der Waals surface area contributed by atoms with Gasteiger partial charge in [-0.3, -0.25) is 0 Å². The topological polar surface area (TPSA) is 45.0 Å². The molecule has 1 aliphatic carbocycles. The van der Waals surface area contributed by atoms with Crippen molar-refractivity contribution in [3.05, 3.63) is 23.8 Å². The van der Waals surface area contributed by atoms with Gasteiger partial charge in [-0.1, -0.05) is 13.8 Å². The van der Waals surface area contributed by atoms with E-state index in [1.807, 2.05) is 12.1 Å². The number of nitrogens with zero attached hydrogens (tertiary/aromatic N) is 1. The molecule has 102 valence electrons. The Labute approximate surface area is 115 Å². The first kappa shape index (κ1) is 13.7. The molecule has 1 aromatic carbocycles. The van der Waals surface area contributed by atoms with Crippen LogP contribution in [0.25, 0.3) is 0 Å². The van der Waals surface area contributed by atoms with Crippen molar-refractivity contribution in [2.45, 2.75) is 45.6 Å². The van der Waals surface area contributed by atoms with Gasteiger partial charge in [0.05, 0.1) is 24.4 Å². The third kappa shape index (κ3) is 3.41. The van der Waals surface area contributed by atoms with Gasteiger partial charge in [0.1, 0.15) is 5.75 Å². The molecule has 0 aromatic heterocycles. The number of hydrogen-bond donors (Lipinski definition) is 1. The van der Waals surface area contributed by atoms with Gasteiger partial charge in [-0.05, 0) is 43.2 Å². The molecule has 1 aliphatic rings. The third-order valence-corrected chi connectivity index (χ3v) is 4.03. The molecule has 0 amide bonds. The summed E-state index contributed by atoms with van der Waals surface area (Å²) in [5.41, 5.74) is 2.10. The molecule has 0 bridgehead atoms. The molecule has 0 heterocycles. The van der Waals surface area contributed by atoms with Crippen molar-refractivity contribution < 1.29 is 4.74 Å². The van der Waals surface area contributed by atoms with Crippen LogP contribution in [-0.2, 0) is 0 Å². The Hall–Kier alpha value is -1.69. The Kier molecular flexibility index (Phi) is 3.99. The van der Waals surface area contributed by atoms with E-state index in [1.165, 1.54) is 25.7 Å². The number of nitrogens with one attached hydrogen (secondary N) is 1. The lowest BCUT2D eigenvalue weighted by molar-refractivity contribution is 0.232. The van der Waals surface area contributed by atoms with Gasteiger partial charge in [-0.15, -0.1) is 0 Å². The molecule has 0 saturated heterocycles. The number of hydrogen-bond acceptors (Lipinski definition) is 3. The summed E-state index contributed by atoms with van der Waals surface area (Å²) in [5, 5.41) is 12.5. The maximum absolute atomic E-state index is 8.90. The van der Waals surface area contributed by atoms with E-state index in [4.69, 9.17) is 10.00 Å². The Morgan fingerprint density at radius 3 is 2.58 bits per heavy atom. The number of benzene rings is 1. The lowest BCUT2D eigenvalue weighted by Gasteiger charge is -2.35. The lowest BCUT2D eigenvalue weighted by Crippen LogP contribution is -2.29. The van der Waals surface area contributed by atoms with Gasteiger partial charge in [-0.2, -0.15) is 5.26 Å². The van der Waals surface area contributed by atoms with E-state index in [2.05, 4.69) is 25.2 Å². The quantitative estimate of drug-likeness (QED) is 0.893. The summed E-state index contributed by atoms with van der Waals surface area (Å²) in [6, 6.07) is 8.20. The first-order valence-electron chi connectivity index (χ1n) is 6.89. The maximum Gasteiger partial charge on any atom is 0.143 e. The van der Waals surface area contributed by atoms with Crippen LogP contribution in [0, 0.1) is 16.7 Å². The van der Waals surface area contributed by atoms with E-state index in [-0.39, 0.29) is 0 Å². The highest BCUT2D eigenvalue weighted by Crippen LogP contribution is 2.37. The van der Waals surface area contributed by atoms with Gasteiger partial charge in [0, 0.05) is 12.1 Å². The van der Waals surface area contributed by atoms with Crippen LogP contribution >= 0.6 is 0 Å². The fourth-order valence-electron chi connectivity index (χ4n) is 2.64. The predicted octanol–water partition coefficient (Wildman–Crippen LogP) is 3.95. The molecular formula is C16H22N2O. The third-order valence-electron chi connectivity index (χ3n) is 4.03. The summed E-state index contributed by atoms with van der Waals surface area (Å²) < 4.78 is 5.36. The first-order chi connectivity index (χ1) is 9.04. The molecule has 1 saturated carbocycles. The second-order valence-electron chi connectivity index (χ2n) is 6.11. The smallest absolute Gasteiger partial charge is 0.143 e. The number of anilines is 1. The van der Waals surface area contributed by atoms with Crippen molar-refractivity contribution in [1.82, 2.24) is 0 Å². The predicted molar refractivity (Wildman–Crippen MR) is 77.4 cm³/mol. The molecule has 1 fully saturated rings. The van der Waals surface area contributed by atoms with Crippen LogP contribution in [0.2, 0.25) is 0 Å². The van der Waals surface area contributed by atoms with Crippen molar-refractivity contribution in [3.63, 3.8) is 0 Å². The molecule has 1 aromatic rings. The molecular weight excluding hydrogens is 236 g/mol. The summed E-state index contributed by atoms with van der Waals surface area (Å²) >= 11 is 0. The van der Waals surface area contributed by atoms with Crippen LogP contribution in [0.4, 0.5) is 5.69 Å². The summed E-state index contributed by atoms with van der Waals surface area (Å²) in [6.07, 6.45) is 4.89. The van der Waals surface area contributed by atoms with Crippen LogP contribution in [0.3, 0.4) is 0 Å². The van der Waals surface area contributed by atoms with E-state index < -0.39 is 0 Å². The van der Waals surface area contributed by atoms with Gasteiger partial charge in [0.15, 0.2) is 0 Å². The standard InChI is InChI=1S/C16H22N2O/c1-16(2)8-6-13(7-9-16)18-14-5-4-12(11-17)10-15(14)19-3/h4-5,10,13,18H,6-9H2,1-3H3. The van der Waals surface area contributed by atoms with E-state index in [0.717, 1.165) is 11.4 Å². The SMILES string of the molecule is COc1cc(C#N)ccc1NC1CCC(C)(C)CC1. The summed E-state index contributed by atoms with van der Waals surface area (Å²) in [4.78, 5) is 0. The Bertz CT molecular complexity index is 478. The van der Waals surface area contributed by atoms with Crippen LogP contribution in [0.1, 0.15) is 45.1 Å². The van der Waals surface area contributed by atoms with Crippen molar-refractivity contribution in [2.75, 3.05) is 12.4 Å². The molecule has 0 aliphatic heterocycles. The molecule has 1 N–H and O–H groups in total. The Morgan fingerprint density at radius 2 is 2.00 bits per heavy atom. The number of ether oxygens (including phenoxy) is 1. The van der Waals surface area contributed by atoms with E-state index in [1.54, 1.807) is 13.2 Å². The summed E-state index contributed by atoms with van der Waals surface area (Å²) in [5.74, 6) is 0.754. The van der Waals surface area contributed by atoms with Gasteiger partial charge in [-0.25, -0.2) is 0 Å². The van der Waals surface area contributed by atoms with Crippen LogP contribution in [0.15, 0.2) is 18.2 Å². The highest BCUT2D eigenvalue weighted by molar-refractivity contribution is 5.59. The van der Waals surface area contributed by atoms with Gasteiger partial charge in [0.2, 0.25) is 0 Å². The van der Waals surface area contributed by atoms with Gasteiger partial charge < -0.3 is 10.1 Å². The second kappa shape index (κ2) is 5.52. The highest BCUT2D eigenvalue weighted by atomic mass is 16.5. The minimum absolute atomic E-state index is 0.479. The van der Waals surface area contributed by atoms with Crippen molar-refractivity contribution in [2.24, 2.45) is 5.41 Å². The maximum atomic E-state index is 8.90. The average molecular weight is 258 g/mol. The molecule has 2 rings (SSSR count). The zero-order chi connectivity index (χ0) is 13.9. The molecule has 0 atom stereocenters. The molecule has 3 nitrogen and oxygen atoms in total. The van der Waals surface area contributed by atoms with Crippen LogP contribution < -0.4 is 10.1 Å². The zero-order valence-electron chi connectivity index (χ0n) is 12.0. The van der Waals surface area contributed by atoms with E-state index in [0.29, 0.717) is 17.0 Å². The van der Waals surface area contributed by atoms with Gasteiger partial charge in [0.25, 0.3) is 0 Å². The fourth-order valence-corrected chi connectivity index (χ4v) is 2.64. The molecule has 0 radical (unpaired) electrons. The van der Waals surface area contributed by atoms with Crippen molar-refractivity contribution >= 4 is 5.69 Å². The van der Waals surface area contributed by atoms with Crippen molar-refractivity contribution in [3.8, 4) is 11.8 Å². The number of rotatable bonds is 3. The highest BCUT2D eigenvalue weighted by Gasteiger charge is 2.27. The minimum atomic E-state index is 0.479. The van der Waals surface area contributed by atoms with Gasteiger partial charge >= 0.3 is 0 Å². The second-order valence-corrected chi connectivity index (χ2v) is 6.11. The first-order valence-corrected chi connectivity index (χ1v) is 6.89. The largest absolute Gasteiger partial charge is 0.495 e. The van der Waals surface area contributed by atoms with E-state index >= 15 is 0 Å². The Balaban J connectivity index is 2.06. The number of nitriles is 1. The Morgan fingerprint density at radius 1 is 1.32 bits per heavy atom. The molecule has 0 unspecified atom stereocenters. The average Bonchev–Trinajstić information content (AvgIpc) is 2.41. The monoisotopic (exact) mass is 258 g/mol. The summed E-state index contributed by atoms with van der Waals surface area (Å²) in [7, 11) is 1.64. The van der Waals surface area contributed by atoms with Crippen molar-refractivity contribution in [1.29, 1.82) is 5.26 Å². The molecule has 19 heavy (non-hydrogen) atoms. The molecule has 3 heteroatoms. The molecule has 0 spiro atoms. The summed E-state index contributed by atoms with van der Waals surface area (Å²) in [6.45, 7) is 4.68. The number of methoxy groups -OCH3 is 1. The fraction of sp³-hybridized carbons (Fsp3) is 0.562.